The molecular formula is C15H30N2. The van der Waals surface area contributed by atoms with Crippen LogP contribution in [0.2, 0.25) is 0 Å². The maximum Gasteiger partial charge on any atom is 0.0355 e. The van der Waals surface area contributed by atoms with E-state index in [9.17, 15) is 0 Å². The second-order valence-electron chi connectivity index (χ2n) is 6.89. The van der Waals surface area contributed by atoms with Crippen molar-refractivity contribution in [1.29, 1.82) is 0 Å². The molecule has 0 aromatic rings. The summed E-state index contributed by atoms with van der Waals surface area (Å²) in [6, 6.07) is 0. The first-order valence-electron chi connectivity index (χ1n) is 7.55. The summed E-state index contributed by atoms with van der Waals surface area (Å²) in [4.78, 5) is 0. The highest BCUT2D eigenvalue weighted by atomic mass is 15.0. The Morgan fingerprint density at radius 2 is 1.82 bits per heavy atom. The Morgan fingerprint density at radius 3 is 2.35 bits per heavy atom. The van der Waals surface area contributed by atoms with Crippen LogP contribution in [0.1, 0.15) is 65.2 Å². The lowest BCUT2D eigenvalue weighted by atomic mass is 9.63. The van der Waals surface area contributed by atoms with E-state index in [1.807, 2.05) is 0 Å². The van der Waals surface area contributed by atoms with E-state index in [-0.39, 0.29) is 5.54 Å². The van der Waals surface area contributed by atoms with Crippen molar-refractivity contribution in [3.05, 3.63) is 0 Å². The van der Waals surface area contributed by atoms with Crippen molar-refractivity contribution in [3.8, 4) is 0 Å². The lowest BCUT2D eigenvalue weighted by molar-refractivity contribution is 0.0664. The van der Waals surface area contributed by atoms with Gasteiger partial charge >= 0.3 is 0 Å². The molecule has 0 saturated heterocycles. The van der Waals surface area contributed by atoms with E-state index >= 15 is 0 Å². The Kier molecular flexibility index (Phi) is 4.14. The van der Waals surface area contributed by atoms with Gasteiger partial charge in [0.05, 0.1) is 0 Å². The lowest BCUT2D eigenvalue weighted by Gasteiger charge is -2.51. The van der Waals surface area contributed by atoms with Crippen LogP contribution in [0, 0.1) is 11.3 Å². The molecule has 0 radical (unpaired) electrons. The van der Waals surface area contributed by atoms with Gasteiger partial charge in [0.25, 0.3) is 0 Å². The monoisotopic (exact) mass is 238 g/mol. The van der Waals surface area contributed by atoms with E-state index in [4.69, 9.17) is 5.73 Å². The number of rotatable bonds is 5. The average Bonchev–Trinajstić information content (AvgIpc) is 2.24. The van der Waals surface area contributed by atoms with Crippen molar-refractivity contribution < 1.29 is 0 Å². The fourth-order valence-electron chi connectivity index (χ4n) is 3.65. The Morgan fingerprint density at radius 1 is 1.12 bits per heavy atom. The quantitative estimate of drug-likeness (QED) is 0.772. The molecule has 2 fully saturated rings. The van der Waals surface area contributed by atoms with Gasteiger partial charge in [0, 0.05) is 12.1 Å². The van der Waals surface area contributed by atoms with Gasteiger partial charge in [-0.05, 0) is 37.1 Å². The topological polar surface area (TPSA) is 38.0 Å². The zero-order chi connectivity index (χ0) is 12.4. The molecule has 0 heterocycles. The van der Waals surface area contributed by atoms with Crippen molar-refractivity contribution in [2.24, 2.45) is 17.1 Å². The molecule has 0 bridgehead atoms. The summed E-state index contributed by atoms with van der Waals surface area (Å²) in [6.45, 7) is 6.76. The SMILES string of the molecule is CC1(C)CCCCC1(CN)NCCC1CCC1. The normalized spacial score (nSPS) is 33.4. The minimum absolute atomic E-state index is 0.203. The van der Waals surface area contributed by atoms with Crippen molar-refractivity contribution in [2.45, 2.75) is 70.8 Å². The molecule has 17 heavy (non-hydrogen) atoms. The van der Waals surface area contributed by atoms with Crippen LogP contribution >= 0.6 is 0 Å². The maximum absolute atomic E-state index is 6.11. The van der Waals surface area contributed by atoms with Crippen LogP contribution in [0.15, 0.2) is 0 Å². The van der Waals surface area contributed by atoms with E-state index in [0.717, 1.165) is 12.5 Å². The van der Waals surface area contributed by atoms with E-state index in [2.05, 4.69) is 19.2 Å². The molecule has 100 valence electrons. The highest BCUT2D eigenvalue weighted by molar-refractivity contribution is 5.03. The largest absolute Gasteiger partial charge is 0.329 e. The molecule has 0 aromatic carbocycles. The van der Waals surface area contributed by atoms with Crippen molar-refractivity contribution in [3.63, 3.8) is 0 Å². The Hall–Kier alpha value is -0.0800. The second-order valence-corrected chi connectivity index (χ2v) is 6.89. The molecule has 2 aliphatic carbocycles. The van der Waals surface area contributed by atoms with Gasteiger partial charge in [-0.2, -0.15) is 0 Å². The summed E-state index contributed by atoms with van der Waals surface area (Å²) in [6.07, 6.45) is 11.0. The van der Waals surface area contributed by atoms with Crippen LogP contribution in [-0.4, -0.2) is 18.6 Å². The smallest absolute Gasteiger partial charge is 0.0355 e. The molecule has 0 spiro atoms. The fraction of sp³-hybridized carbons (Fsp3) is 1.00. The average molecular weight is 238 g/mol. The van der Waals surface area contributed by atoms with Crippen LogP contribution in [-0.2, 0) is 0 Å². The third-order valence-electron chi connectivity index (χ3n) is 5.54. The van der Waals surface area contributed by atoms with Crippen molar-refractivity contribution in [2.75, 3.05) is 13.1 Å². The molecule has 3 N–H and O–H groups in total. The fourth-order valence-corrected chi connectivity index (χ4v) is 3.65. The second kappa shape index (κ2) is 5.27. The maximum atomic E-state index is 6.11. The molecular weight excluding hydrogens is 208 g/mol. The van der Waals surface area contributed by atoms with E-state index in [0.29, 0.717) is 5.41 Å². The van der Waals surface area contributed by atoms with Crippen molar-refractivity contribution in [1.82, 2.24) is 5.32 Å². The lowest BCUT2D eigenvalue weighted by Crippen LogP contribution is -2.62. The van der Waals surface area contributed by atoms with Crippen molar-refractivity contribution >= 4 is 0 Å². The zero-order valence-electron chi connectivity index (χ0n) is 11.7. The highest BCUT2D eigenvalue weighted by Crippen LogP contribution is 2.43. The molecule has 0 aliphatic heterocycles. The van der Waals surface area contributed by atoms with Gasteiger partial charge in [0.2, 0.25) is 0 Å². The Bertz CT molecular complexity index is 245. The Labute approximate surface area is 107 Å². The zero-order valence-corrected chi connectivity index (χ0v) is 11.7. The number of hydrogen-bond acceptors (Lipinski definition) is 2. The molecule has 2 rings (SSSR count). The van der Waals surface area contributed by atoms with Gasteiger partial charge < -0.3 is 11.1 Å². The van der Waals surface area contributed by atoms with Gasteiger partial charge in [0.1, 0.15) is 0 Å². The summed E-state index contributed by atoms with van der Waals surface area (Å²) < 4.78 is 0. The number of nitrogens with one attached hydrogen (secondary N) is 1. The number of nitrogens with two attached hydrogens (primary N) is 1. The van der Waals surface area contributed by atoms with E-state index in [1.54, 1.807) is 0 Å². The molecule has 1 unspecified atom stereocenters. The van der Waals surface area contributed by atoms with Crippen LogP contribution in [0.3, 0.4) is 0 Å². The predicted octanol–water partition coefficient (Wildman–Crippen LogP) is 3.06. The van der Waals surface area contributed by atoms with Crippen LogP contribution in [0.25, 0.3) is 0 Å². The Balaban J connectivity index is 1.87. The molecule has 2 aliphatic rings. The highest BCUT2D eigenvalue weighted by Gasteiger charge is 2.45. The van der Waals surface area contributed by atoms with Crippen LogP contribution in [0.4, 0.5) is 0 Å². The summed E-state index contributed by atoms with van der Waals surface area (Å²) >= 11 is 0. The summed E-state index contributed by atoms with van der Waals surface area (Å²) in [5, 5.41) is 3.85. The molecule has 1 atom stereocenters. The standard InChI is InChI=1S/C15H30N2/c1-14(2)9-3-4-10-15(14,12-16)17-11-8-13-6-5-7-13/h13,17H,3-12,16H2,1-2H3. The number of hydrogen-bond donors (Lipinski definition) is 2. The first kappa shape index (κ1) is 13.4. The third kappa shape index (κ3) is 2.68. The van der Waals surface area contributed by atoms with Gasteiger partial charge in [-0.25, -0.2) is 0 Å². The third-order valence-corrected chi connectivity index (χ3v) is 5.54. The van der Waals surface area contributed by atoms with Crippen LogP contribution < -0.4 is 11.1 Å². The minimum Gasteiger partial charge on any atom is -0.329 e. The van der Waals surface area contributed by atoms with Gasteiger partial charge in [-0.15, -0.1) is 0 Å². The first-order chi connectivity index (χ1) is 8.10. The summed E-state index contributed by atoms with van der Waals surface area (Å²) in [5.74, 6) is 1.00. The van der Waals surface area contributed by atoms with E-state index < -0.39 is 0 Å². The summed E-state index contributed by atoms with van der Waals surface area (Å²) in [7, 11) is 0. The molecule has 2 nitrogen and oxygen atoms in total. The first-order valence-corrected chi connectivity index (χ1v) is 7.55. The predicted molar refractivity (Wildman–Crippen MR) is 74.0 cm³/mol. The summed E-state index contributed by atoms with van der Waals surface area (Å²) in [5.41, 5.74) is 6.68. The molecule has 0 aromatic heterocycles. The van der Waals surface area contributed by atoms with E-state index in [1.165, 1.54) is 57.9 Å². The van der Waals surface area contributed by atoms with Crippen LogP contribution in [0.5, 0.6) is 0 Å². The molecule has 0 amide bonds. The molecule has 2 saturated carbocycles. The molecule has 2 heteroatoms. The van der Waals surface area contributed by atoms with Gasteiger partial charge in [-0.1, -0.05) is 46.0 Å². The van der Waals surface area contributed by atoms with Gasteiger partial charge in [0.15, 0.2) is 0 Å². The van der Waals surface area contributed by atoms with Gasteiger partial charge in [-0.3, -0.25) is 0 Å². The minimum atomic E-state index is 0.203.